The van der Waals surface area contributed by atoms with Gasteiger partial charge in [0.25, 0.3) is 0 Å². The lowest BCUT2D eigenvalue weighted by Gasteiger charge is -2.20. The maximum absolute atomic E-state index is 13.2. The van der Waals surface area contributed by atoms with Crippen LogP contribution in [0.4, 0.5) is 17.6 Å². The highest BCUT2D eigenvalue weighted by Crippen LogP contribution is 2.41. The van der Waals surface area contributed by atoms with Gasteiger partial charge in [-0.25, -0.2) is 4.39 Å². The molecule has 20 heavy (non-hydrogen) atoms. The van der Waals surface area contributed by atoms with Crippen LogP contribution in [0.5, 0.6) is 5.75 Å². The molecule has 1 aliphatic heterocycles. The van der Waals surface area contributed by atoms with Crippen molar-refractivity contribution < 1.29 is 22.3 Å². The van der Waals surface area contributed by atoms with Gasteiger partial charge in [0, 0.05) is 9.79 Å². The molecular weight excluding hydrogens is 292 g/mol. The molecule has 0 saturated heterocycles. The molecule has 0 atom stereocenters. The molecular formula is C14H8F4OS. The van der Waals surface area contributed by atoms with E-state index in [4.69, 9.17) is 0 Å². The van der Waals surface area contributed by atoms with Crippen LogP contribution in [-0.4, -0.2) is 6.36 Å². The van der Waals surface area contributed by atoms with Gasteiger partial charge in [-0.1, -0.05) is 17.8 Å². The molecule has 1 heterocycles. The summed E-state index contributed by atoms with van der Waals surface area (Å²) in [6.45, 7) is 0. The van der Waals surface area contributed by atoms with E-state index in [1.807, 2.05) is 0 Å². The lowest BCUT2D eigenvalue weighted by atomic mass is 10.0. The smallest absolute Gasteiger partial charge is 0.406 e. The molecule has 0 unspecified atom stereocenters. The quantitative estimate of drug-likeness (QED) is 0.598. The average molecular weight is 300 g/mol. The SMILES string of the molecule is Fc1ccc2c(c1)Sc1ccc(OC(F)(F)F)cc1C2. The van der Waals surface area contributed by atoms with E-state index >= 15 is 0 Å². The summed E-state index contributed by atoms with van der Waals surface area (Å²) in [5.74, 6) is -0.556. The highest BCUT2D eigenvalue weighted by molar-refractivity contribution is 7.99. The van der Waals surface area contributed by atoms with Crippen molar-refractivity contribution in [1.82, 2.24) is 0 Å². The Kier molecular flexibility index (Phi) is 3.12. The Hall–Kier alpha value is -1.69. The minimum Gasteiger partial charge on any atom is -0.406 e. The molecule has 0 radical (unpaired) electrons. The van der Waals surface area contributed by atoms with E-state index in [0.717, 1.165) is 20.9 Å². The molecule has 0 spiro atoms. The van der Waals surface area contributed by atoms with Crippen molar-refractivity contribution in [3.63, 3.8) is 0 Å². The molecule has 104 valence electrons. The van der Waals surface area contributed by atoms with Crippen molar-refractivity contribution >= 4 is 11.8 Å². The summed E-state index contributed by atoms with van der Waals surface area (Å²) >= 11 is 1.35. The van der Waals surface area contributed by atoms with Crippen molar-refractivity contribution in [2.75, 3.05) is 0 Å². The minimum atomic E-state index is -4.70. The highest BCUT2D eigenvalue weighted by Gasteiger charge is 2.31. The lowest BCUT2D eigenvalue weighted by molar-refractivity contribution is -0.274. The van der Waals surface area contributed by atoms with Gasteiger partial charge in [0.1, 0.15) is 11.6 Å². The van der Waals surface area contributed by atoms with Crippen LogP contribution in [0, 0.1) is 5.82 Å². The molecule has 0 saturated carbocycles. The average Bonchev–Trinajstić information content (AvgIpc) is 2.34. The number of hydrogen-bond acceptors (Lipinski definition) is 2. The van der Waals surface area contributed by atoms with Crippen molar-refractivity contribution in [2.45, 2.75) is 22.6 Å². The van der Waals surface area contributed by atoms with Crippen molar-refractivity contribution in [3.8, 4) is 5.75 Å². The molecule has 0 fully saturated rings. The van der Waals surface area contributed by atoms with Gasteiger partial charge in [0.15, 0.2) is 0 Å². The number of fused-ring (bicyclic) bond motifs is 2. The molecule has 0 bridgehead atoms. The van der Waals surface area contributed by atoms with Crippen LogP contribution in [0.1, 0.15) is 11.1 Å². The van der Waals surface area contributed by atoms with E-state index < -0.39 is 6.36 Å². The summed E-state index contributed by atoms with van der Waals surface area (Å²) in [4.78, 5) is 1.61. The van der Waals surface area contributed by atoms with Gasteiger partial charge in [-0.15, -0.1) is 13.2 Å². The lowest BCUT2D eigenvalue weighted by Crippen LogP contribution is -2.17. The topological polar surface area (TPSA) is 9.23 Å². The second-order valence-corrected chi connectivity index (χ2v) is 5.43. The summed E-state index contributed by atoms with van der Waals surface area (Å²) in [5.41, 5.74) is 1.64. The van der Waals surface area contributed by atoms with Gasteiger partial charge in [0.2, 0.25) is 0 Å². The maximum atomic E-state index is 13.2. The van der Waals surface area contributed by atoms with Crippen LogP contribution in [0.2, 0.25) is 0 Å². The predicted molar refractivity (Wildman–Crippen MR) is 66.5 cm³/mol. The van der Waals surface area contributed by atoms with Gasteiger partial charge >= 0.3 is 6.36 Å². The van der Waals surface area contributed by atoms with Crippen molar-refractivity contribution in [2.24, 2.45) is 0 Å². The fourth-order valence-electron chi connectivity index (χ4n) is 2.08. The number of ether oxygens (including phenoxy) is 1. The number of halogens is 4. The fraction of sp³-hybridized carbons (Fsp3) is 0.143. The van der Waals surface area contributed by atoms with Crippen LogP contribution in [0.3, 0.4) is 0 Å². The molecule has 0 aromatic heterocycles. The van der Waals surface area contributed by atoms with E-state index in [0.29, 0.717) is 6.42 Å². The van der Waals surface area contributed by atoms with E-state index in [-0.39, 0.29) is 11.6 Å². The molecule has 0 N–H and O–H groups in total. The molecule has 2 aromatic carbocycles. The zero-order chi connectivity index (χ0) is 14.3. The van der Waals surface area contributed by atoms with Crippen LogP contribution >= 0.6 is 11.8 Å². The van der Waals surface area contributed by atoms with E-state index in [2.05, 4.69) is 4.74 Å². The first-order valence-corrected chi connectivity index (χ1v) is 6.57. The summed E-state index contributed by atoms with van der Waals surface area (Å²) in [5, 5.41) is 0. The van der Waals surface area contributed by atoms with Gasteiger partial charge in [-0.2, -0.15) is 0 Å². The van der Waals surface area contributed by atoms with E-state index in [9.17, 15) is 17.6 Å². The molecule has 6 heteroatoms. The van der Waals surface area contributed by atoms with Gasteiger partial charge < -0.3 is 4.74 Å². The first-order valence-electron chi connectivity index (χ1n) is 5.76. The zero-order valence-electron chi connectivity index (χ0n) is 10.00. The number of hydrogen-bond donors (Lipinski definition) is 0. The molecule has 3 rings (SSSR count). The van der Waals surface area contributed by atoms with Crippen LogP contribution in [-0.2, 0) is 6.42 Å². The summed E-state index contributed by atoms with van der Waals surface area (Å²) in [6, 6.07) is 8.64. The molecule has 2 aromatic rings. The first kappa shape index (κ1) is 13.3. The Morgan fingerprint density at radius 1 is 0.950 bits per heavy atom. The molecule has 0 amide bonds. The predicted octanol–water partition coefficient (Wildman–Crippen LogP) is 4.78. The van der Waals surface area contributed by atoms with Crippen molar-refractivity contribution in [3.05, 3.63) is 53.3 Å². The monoisotopic (exact) mass is 300 g/mol. The second-order valence-electron chi connectivity index (χ2n) is 4.35. The Bertz CT molecular complexity index is 667. The van der Waals surface area contributed by atoms with Crippen molar-refractivity contribution in [1.29, 1.82) is 0 Å². The minimum absolute atomic E-state index is 0.234. The maximum Gasteiger partial charge on any atom is 0.573 e. The Labute approximate surface area is 116 Å². The zero-order valence-corrected chi connectivity index (χ0v) is 10.8. The van der Waals surface area contributed by atoms with Crippen LogP contribution in [0.25, 0.3) is 0 Å². The number of benzene rings is 2. The Morgan fingerprint density at radius 2 is 1.75 bits per heavy atom. The Morgan fingerprint density at radius 3 is 2.50 bits per heavy atom. The highest BCUT2D eigenvalue weighted by atomic mass is 32.2. The third-order valence-electron chi connectivity index (χ3n) is 2.90. The first-order chi connectivity index (χ1) is 9.40. The Balaban J connectivity index is 1.92. The van der Waals surface area contributed by atoms with Crippen LogP contribution < -0.4 is 4.74 Å². The summed E-state index contributed by atoms with van der Waals surface area (Å²) in [6.07, 6.45) is -4.23. The molecule has 1 aliphatic rings. The van der Waals surface area contributed by atoms with E-state index in [1.54, 1.807) is 12.1 Å². The normalized spacial score (nSPS) is 13.6. The largest absolute Gasteiger partial charge is 0.573 e. The van der Waals surface area contributed by atoms with Gasteiger partial charge in [0.05, 0.1) is 0 Å². The van der Waals surface area contributed by atoms with Gasteiger partial charge in [-0.3, -0.25) is 0 Å². The summed E-state index contributed by atoms with van der Waals surface area (Å²) in [7, 11) is 0. The van der Waals surface area contributed by atoms with E-state index in [1.165, 1.54) is 36.0 Å². The molecule has 1 nitrogen and oxygen atoms in total. The second kappa shape index (κ2) is 4.70. The number of rotatable bonds is 1. The van der Waals surface area contributed by atoms with Crippen LogP contribution in [0.15, 0.2) is 46.2 Å². The number of alkyl halides is 3. The summed E-state index contributed by atoms with van der Waals surface area (Å²) < 4.78 is 53.6. The fourth-order valence-corrected chi connectivity index (χ4v) is 3.16. The third-order valence-corrected chi connectivity index (χ3v) is 4.11. The third kappa shape index (κ3) is 2.75. The van der Waals surface area contributed by atoms with Gasteiger partial charge in [-0.05, 0) is 47.9 Å². The standard InChI is InChI=1S/C14H8F4OS/c15-10-2-1-8-5-9-6-11(19-14(16,17)18)3-4-12(9)20-13(8)7-10/h1-4,6-7H,5H2. The molecule has 0 aliphatic carbocycles.